The highest BCUT2D eigenvalue weighted by atomic mass is 32.2. The number of carboxylic acids is 1. The largest absolute Gasteiger partial charge is 0.494 e. The van der Waals surface area contributed by atoms with E-state index in [1.165, 1.54) is 16.9 Å². The summed E-state index contributed by atoms with van der Waals surface area (Å²) in [6.07, 6.45) is 0. The second-order valence-electron chi connectivity index (χ2n) is 3.82. The third-order valence-electron chi connectivity index (χ3n) is 2.43. The maximum Gasteiger partial charge on any atom is 0.345 e. The van der Waals surface area contributed by atoms with Gasteiger partial charge in [-0.3, -0.25) is 0 Å². The zero-order valence-electron chi connectivity index (χ0n) is 10.5. The van der Waals surface area contributed by atoms with Gasteiger partial charge >= 0.3 is 5.97 Å². The molecule has 5 heteroatoms. The van der Waals surface area contributed by atoms with Crippen LogP contribution in [0.25, 0.3) is 0 Å². The van der Waals surface area contributed by atoms with E-state index in [2.05, 4.69) is 0 Å². The van der Waals surface area contributed by atoms with Gasteiger partial charge in [0, 0.05) is 16.0 Å². The standard InChI is InChI=1S/C14H14O3S2/c1-2-17-11-5-3-10(4-6-11)8-18-12-7-13(14(15)16)19-9-12/h3-7,9H,2,8H2,1H3,(H,15,16). The summed E-state index contributed by atoms with van der Waals surface area (Å²) >= 11 is 2.90. The molecule has 2 aromatic rings. The van der Waals surface area contributed by atoms with Crippen LogP contribution in [0.1, 0.15) is 22.2 Å². The molecule has 0 unspecified atom stereocenters. The van der Waals surface area contributed by atoms with Gasteiger partial charge in [0.15, 0.2) is 0 Å². The van der Waals surface area contributed by atoms with Crippen molar-refractivity contribution < 1.29 is 14.6 Å². The molecule has 0 aliphatic rings. The molecule has 1 aromatic carbocycles. The summed E-state index contributed by atoms with van der Waals surface area (Å²) < 4.78 is 5.38. The molecular weight excluding hydrogens is 280 g/mol. The molecule has 0 fully saturated rings. The van der Waals surface area contributed by atoms with Crippen molar-refractivity contribution >= 4 is 29.1 Å². The minimum Gasteiger partial charge on any atom is -0.494 e. The Bertz CT molecular complexity index is 546. The summed E-state index contributed by atoms with van der Waals surface area (Å²) in [5.74, 6) is 0.834. The highest BCUT2D eigenvalue weighted by Gasteiger charge is 2.07. The highest BCUT2D eigenvalue weighted by molar-refractivity contribution is 7.98. The SMILES string of the molecule is CCOc1ccc(CSc2csc(C(=O)O)c2)cc1. The third kappa shape index (κ3) is 4.01. The molecule has 0 aliphatic heterocycles. The second-order valence-corrected chi connectivity index (χ2v) is 5.78. The molecule has 100 valence electrons. The van der Waals surface area contributed by atoms with E-state index in [1.54, 1.807) is 17.8 Å². The molecule has 0 saturated carbocycles. The maximum atomic E-state index is 10.8. The summed E-state index contributed by atoms with van der Waals surface area (Å²) in [4.78, 5) is 12.2. The number of rotatable bonds is 6. The van der Waals surface area contributed by atoms with E-state index < -0.39 is 5.97 Å². The van der Waals surface area contributed by atoms with Crippen molar-refractivity contribution in [2.45, 2.75) is 17.6 Å². The van der Waals surface area contributed by atoms with Crippen LogP contribution in [0.4, 0.5) is 0 Å². The van der Waals surface area contributed by atoms with E-state index in [1.807, 2.05) is 36.6 Å². The van der Waals surface area contributed by atoms with Crippen LogP contribution in [-0.4, -0.2) is 17.7 Å². The molecule has 0 amide bonds. The van der Waals surface area contributed by atoms with Crippen LogP contribution >= 0.6 is 23.1 Å². The average Bonchev–Trinajstić information content (AvgIpc) is 2.87. The van der Waals surface area contributed by atoms with E-state index in [4.69, 9.17) is 9.84 Å². The Balaban J connectivity index is 1.92. The van der Waals surface area contributed by atoms with Gasteiger partial charge in [-0.15, -0.1) is 23.1 Å². The molecule has 1 N–H and O–H groups in total. The molecule has 0 spiro atoms. The molecule has 1 aromatic heterocycles. The van der Waals surface area contributed by atoms with Crippen molar-refractivity contribution in [3.63, 3.8) is 0 Å². The van der Waals surface area contributed by atoms with Crippen molar-refractivity contribution in [2.75, 3.05) is 6.61 Å². The highest BCUT2D eigenvalue weighted by Crippen LogP contribution is 2.28. The van der Waals surface area contributed by atoms with Crippen LogP contribution in [0.5, 0.6) is 5.75 Å². The lowest BCUT2D eigenvalue weighted by molar-refractivity contribution is 0.0702. The average molecular weight is 294 g/mol. The van der Waals surface area contributed by atoms with Gasteiger partial charge in [-0.25, -0.2) is 4.79 Å². The summed E-state index contributed by atoms with van der Waals surface area (Å²) in [6, 6.07) is 9.68. The number of ether oxygens (including phenoxy) is 1. The van der Waals surface area contributed by atoms with E-state index in [0.717, 1.165) is 16.4 Å². The first-order chi connectivity index (χ1) is 9.19. The van der Waals surface area contributed by atoms with Crippen LogP contribution in [-0.2, 0) is 5.75 Å². The van der Waals surface area contributed by atoms with E-state index in [0.29, 0.717) is 11.5 Å². The Labute approximate surface area is 120 Å². The summed E-state index contributed by atoms with van der Waals surface area (Å²) in [6.45, 7) is 2.63. The molecule has 0 bridgehead atoms. The smallest absolute Gasteiger partial charge is 0.345 e. The molecule has 2 rings (SSSR count). The Kier molecular flexibility index (Phi) is 4.87. The van der Waals surface area contributed by atoms with Crippen molar-refractivity contribution in [3.05, 3.63) is 46.2 Å². The molecule has 0 aliphatic carbocycles. The Morgan fingerprint density at radius 1 is 1.37 bits per heavy atom. The van der Waals surface area contributed by atoms with Crippen molar-refractivity contribution in [1.29, 1.82) is 0 Å². The quantitative estimate of drug-likeness (QED) is 0.813. The molecule has 3 nitrogen and oxygen atoms in total. The molecular formula is C14H14O3S2. The van der Waals surface area contributed by atoms with Crippen LogP contribution in [0.2, 0.25) is 0 Å². The van der Waals surface area contributed by atoms with Crippen LogP contribution in [0.15, 0.2) is 40.6 Å². The lowest BCUT2D eigenvalue weighted by Gasteiger charge is -2.04. The summed E-state index contributed by atoms with van der Waals surface area (Å²) in [5.41, 5.74) is 1.19. The zero-order valence-corrected chi connectivity index (χ0v) is 12.1. The maximum absolute atomic E-state index is 10.8. The summed E-state index contributed by atoms with van der Waals surface area (Å²) in [7, 11) is 0. The zero-order chi connectivity index (χ0) is 13.7. The fraction of sp³-hybridized carbons (Fsp3) is 0.214. The molecule has 0 atom stereocenters. The predicted octanol–water partition coefficient (Wildman–Crippen LogP) is 4.14. The molecule has 1 heterocycles. The summed E-state index contributed by atoms with van der Waals surface area (Å²) in [5, 5.41) is 10.7. The number of aromatic carboxylic acids is 1. The van der Waals surface area contributed by atoms with E-state index in [9.17, 15) is 4.79 Å². The number of benzene rings is 1. The first-order valence-electron chi connectivity index (χ1n) is 5.85. The van der Waals surface area contributed by atoms with Crippen LogP contribution < -0.4 is 4.74 Å². The number of hydrogen-bond donors (Lipinski definition) is 1. The first kappa shape index (κ1) is 14.0. The number of thiophene rings is 1. The van der Waals surface area contributed by atoms with Crippen molar-refractivity contribution in [2.24, 2.45) is 0 Å². The minimum atomic E-state index is -0.863. The normalized spacial score (nSPS) is 10.4. The monoisotopic (exact) mass is 294 g/mol. The van der Waals surface area contributed by atoms with Gasteiger partial charge in [0.05, 0.1) is 6.61 Å². The Morgan fingerprint density at radius 2 is 2.11 bits per heavy atom. The first-order valence-corrected chi connectivity index (χ1v) is 7.72. The van der Waals surface area contributed by atoms with E-state index >= 15 is 0 Å². The lowest BCUT2D eigenvalue weighted by Crippen LogP contribution is -1.91. The topological polar surface area (TPSA) is 46.5 Å². The lowest BCUT2D eigenvalue weighted by atomic mass is 10.2. The fourth-order valence-corrected chi connectivity index (χ4v) is 3.35. The van der Waals surface area contributed by atoms with Gasteiger partial charge in [-0.2, -0.15) is 0 Å². The van der Waals surface area contributed by atoms with Gasteiger partial charge in [0.1, 0.15) is 10.6 Å². The third-order valence-corrected chi connectivity index (χ3v) is 4.54. The van der Waals surface area contributed by atoms with Crippen molar-refractivity contribution in [1.82, 2.24) is 0 Å². The predicted molar refractivity (Wildman–Crippen MR) is 78.5 cm³/mol. The van der Waals surface area contributed by atoms with Gasteiger partial charge in [-0.05, 0) is 30.7 Å². The van der Waals surface area contributed by atoms with Gasteiger partial charge < -0.3 is 9.84 Å². The van der Waals surface area contributed by atoms with Gasteiger partial charge in [0.2, 0.25) is 0 Å². The van der Waals surface area contributed by atoms with Crippen LogP contribution in [0, 0.1) is 0 Å². The second kappa shape index (κ2) is 6.63. The number of carbonyl (C=O) groups is 1. The number of carboxylic acid groups (broad SMARTS) is 1. The minimum absolute atomic E-state index is 0.384. The number of thioether (sulfide) groups is 1. The molecule has 0 radical (unpaired) electrons. The van der Waals surface area contributed by atoms with Gasteiger partial charge in [-0.1, -0.05) is 12.1 Å². The fourth-order valence-electron chi connectivity index (χ4n) is 1.52. The van der Waals surface area contributed by atoms with Crippen LogP contribution in [0.3, 0.4) is 0 Å². The Morgan fingerprint density at radius 3 is 2.68 bits per heavy atom. The Hall–Kier alpha value is -1.46. The van der Waals surface area contributed by atoms with Gasteiger partial charge in [0.25, 0.3) is 0 Å². The molecule has 0 saturated heterocycles. The molecule has 19 heavy (non-hydrogen) atoms. The number of hydrogen-bond acceptors (Lipinski definition) is 4. The van der Waals surface area contributed by atoms with E-state index in [-0.39, 0.29) is 0 Å². The van der Waals surface area contributed by atoms with Crippen molar-refractivity contribution in [3.8, 4) is 5.75 Å².